The zero-order chi connectivity index (χ0) is 13.9. The summed E-state index contributed by atoms with van der Waals surface area (Å²) in [5.41, 5.74) is 0.656. The van der Waals surface area contributed by atoms with Crippen molar-refractivity contribution in [3.63, 3.8) is 0 Å². The van der Waals surface area contributed by atoms with E-state index >= 15 is 0 Å². The van der Waals surface area contributed by atoms with E-state index in [4.69, 9.17) is 0 Å². The molecular weight excluding hydrogens is 256 g/mol. The summed E-state index contributed by atoms with van der Waals surface area (Å²) >= 11 is 0. The summed E-state index contributed by atoms with van der Waals surface area (Å²) in [6.07, 6.45) is 3.99. The number of H-pyrrole nitrogens is 1. The second-order valence-corrected chi connectivity index (χ2v) is 5.52. The first-order valence-corrected chi connectivity index (χ1v) is 7.04. The molecule has 1 saturated heterocycles. The van der Waals surface area contributed by atoms with Crippen LogP contribution < -0.4 is 10.9 Å². The van der Waals surface area contributed by atoms with Gasteiger partial charge in [-0.3, -0.25) is 9.89 Å². The van der Waals surface area contributed by atoms with Crippen LogP contribution in [0.3, 0.4) is 0 Å². The largest absolute Gasteiger partial charge is 0.316 e. The summed E-state index contributed by atoms with van der Waals surface area (Å²) in [6.45, 7) is 3.91. The lowest BCUT2D eigenvalue weighted by Crippen LogP contribution is -2.36. The van der Waals surface area contributed by atoms with Crippen LogP contribution in [-0.2, 0) is 6.54 Å². The summed E-state index contributed by atoms with van der Waals surface area (Å²) in [5, 5.41) is 6.17. The number of nitrogens with zero attached hydrogens (tertiary/aromatic N) is 4. The zero-order valence-electron chi connectivity index (χ0n) is 11.7. The van der Waals surface area contributed by atoms with Crippen molar-refractivity contribution in [3.05, 3.63) is 28.4 Å². The predicted molar refractivity (Wildman–Crippen MR) is 75.5 cm³/mol. The van der Waals surface area contributed by atoms with Gasteiger partial charge < -0.3 is 10.2 Å². The Morgan fingerprint density at radius 2 is 2.45 bits per heavy atom. The van der Waals surface area contributed by atoms with Crippen molar-refractivity contribution >= 4 is 5.78 Å². The Hall–Kier alpha value is -1.73. The third-order valence-corrected chi connectivity index (χ3v) is 3.72. The van der Waals surface area contributed by atoms with Gasteiger partial charge in [0.1, 0.15) is 6.33 Å². The molecule has 0 radical (unpaired) electrons. The Bertz CT molecular complexity index is 627. The molecule has 7 nitrogen and oxygen atoms in total. The number of piperidine rings is 1. The molecule has 20 heavy (non-hydrogen) atoms. The third-order valence-electron chi connectivity index (χ3n) is 3.72. The van der Waals surface area contributed by atoms with Crippen molar-refractivity contribution in [2.45, 2.75) is 19.4 Å². The fourth-order valence-corrected chi connectivity index (χ4v) is 2.81. The molecule has 3 heterocycles. The minimum absolute atomic E-state index is 0.116. The van der Waals surface area contributed by atoms with Gasteiger partial charge in [0, 0.05) is 19.2 Å². The van der Waals surface area contributed by atoms with E-state index in [2.05, 4.69) is 32.3 Å². The Labute approximate surface area is 117 Å². The van der Waals surface area contributed by atoms with E-state index in [-0.39, 0.29) is 5.56 Å². The number of rotatable bonds is 4. The van der Waals surface area contributed by atoms with Crippen LogP contribution in [0.25, 0.3) is 5.78 Å². The first-order valence-electron chi connectivity index (χ1n) is 7.04. The molecule has 0 saturated carbocycles. The molecule has 0 aliphatic carbocycles. The Morgan fingerprint density at radius 3 is 3.25 bits per heavy atom. The lowest BCUT2D eigenvalue weighted by Gasteiger charge is -2.27. The fraction of sp³-hybridized carbons (Fsp3) is 0.615. The minimum atomic E-state index is -0.116. The summed E-state index contributed by atoms with van der Waals surface area (Å²) in [6, 6.07) is 1.57. The van der Waals surface area contributed by atoms with Crippen molar-refractivity contribution in [1.29, 1.82) is 0 Å². The van der Waals surface area contributed by atoms with Crippen LogP contribution in [0.15, 0.2) is 17.2 Å². The SMILES string of the molecule is CN(Cc1cc(=O)n2[nH]cnc2n1)CC1CCCNC1. The van der Waals surface area contributed by atoms with E-state index in [0.717, 1.165) is 25.3 Å². The van der Waals surface area contributed by atoms with Gasteiger partial charge in [0.15, 0.2) is 0 Å². The smallest absolute Gasteiger partial charge is 0.274 e. The molecule has 0 bridgehead atoms. The summed E-state index contributed by atoms with van der Waals surface area (Å²) < 4.78 is 1.34. The van der Waals surface area contributed by atoms with Crippen molar-refractivity contribution in [2.75, 3.05) is 26.7 Å². The molecule has 108 valence electrons. The van der Waals surface area contributed by atoms with Crippen LogP contribution in [0.4, 0.5) is 0 Å². The number of aromatic amines is 1. The van der Waals surface area contributed by atoms with Gasteiger partial charge in [0.2, 0.25) is 0 Å². The second kappa shape index (κ2) is 5.72. The molecule has 1 aliphatic rings. The fourth-order valence-electron chi connectivity index (χ4n) is 2.81. The van der Waals surface area contributed by atoms with E-state index in [9.17, 15) is 4.79 Å². The van der Waals surface area contributed by atoms with Crippen LogP contribution in [-0.4, -0.2) is 51.2 Å². The Morgan fingerprint density at radius 1 is 1.55 bits per heavy atom. The summed E-state index contributed by atoms with van der Waals surface area (Å²) in [4.78, 5) is 22.5. The second-order valence-electron chi connectivity index (χ2n) is 5.52. The molecule has 2 aromatic rings. The zero-order valence-corrected chi connectivity index (χ0v) is 11.7. The summed E-state index contributed by atoms with van der Waals surface area (Å²) in [5.74, 6) is 1.11. The lowest BCUT2D eigenvalue weighted by molar-refractivity contribution is 0.235. The Balaban J connectivity index is 1.67. The highest BCUT2D eigenvalue weighted by Crippen LogP contribution is 2.12. The highest BCUT2D eigenvalue weighted by atomic mass is 16.1. The molecule has 3 rings (SSSR count). The van der Waals surface area contributed by atoms with E-state index in [1.165, 1.54) is 23.7 Å². The number of hydrogen-bond acceptors (Lipinski definition) is 5. The molecule has 0 spiro atoms. The molecule has 1 unspecified atom stereocenters. The van der Waals surface area contributed by atoms with Crippen LogP contribution in [0.5, 0.6) is 0 Å². The summed E-state index contributed by atoms with van der Waals surface area (Å²) in [7, 11) is 2.07. The molecule has 1 fully saturated rings. The van der Waals surface area contributed by atoms with E-state index in [0.29, 0.717) is 18.2 Å². The van der Waals surface area contributed by atoms with Gasteiger partial charge in [-0.05, 0) is 38.9 Å². The molecule has 0 amide bonds. The maximum absolute atomic E-state index is 11.9. The standard InChI is InChI=1S/C13H20N6O/c1-18(7-10-3-2-4-14-6-10)8-11-5-12(20)19-13(17-11)15-9-16-19/h5,9-10,14H,2-4,6-8H2,1H3,(H,15,16,17). The highest BCUT2D eigenvalue weighted by molar-refractivity contribution is 5.25. The number of aromatic nitrogens is 4. The molecule has 1 aliphatic heterocycles. The normalized spacial score (nSPS) is 19.8. The maximum Gasteiger partial charge on any atom is 0.274 e. The third kappa shape index (κ3) is 2.88. The van der Waals surface area contributed by atoms with Crippen molar-refractivity contribution in [3.8, 4) is 0 Å². The molecule has 2 aromatic heterocycles. The molecule has 0 aromatic carbocycles. The first-order chi connectivity index (χ1) is 9.72. The topological polar surface area (TPSA) is 78.3 Å². The maximum atomic E-state index is 11.9. The molecule has 2 N–H and O–H groups in total. The van der Waals surface area contributed by atoms with Crippen molar-refractivity contribution in [2.24, 2.45) is 5.92 Å². The van der Waals surface area contributed by atoms with Crippen LogP contribution >= 0.6 is 0 Å². The van der Waals surface area contributed by atoms with E-state index in [1.807, 2.05) is 0 Å². The average Bonchev–Trinajstić information content (AvgIpc) is 2.88. The quantitative estimate of drug-likeness (QED) is 0.812. The van der Waals surface area contributed by atoms with Gasteiger partial charge in [-0.1, -0.05) is 0 Å². The lowest BCUT2D eigenvalue weighted by atomic mass is 9.99. The van der Waals surface area contributed by atoms with Gasteiger partial charge in [0.05, 0.1) is 5.69 Å². The van der Waals surface area contributed by atoms with Crippen LogP contribution in [0.2, 0.25) is 0 Å². The van der Waals surface area contributed by atoms with Crippen molar-refractivity contribution in [1.82, 2.24) is 29.8 Å². The van der Waals surface area contributed by atoms with Crippen molar-refractivity contribution < 1.29 is 0 Å². The number of nitrogens with one attached hydrogen (secondary N) is 2. The van der Waals surface area contributed by atoms with Gasteiger partial charge in [0.25, 0.3) is 11.3 Å². The predicted octanol–water partition coefficient (Wildman–Crippen LogP) is -0.151. The average molecular weight is 276 g/mol. The Kier molecular flexibility index (Phi) is 3.79. The van der Waals surface area contributed by atoms with Gasteiger partial charge in [-0.15, -0.1) is 0 Å². The minimum Gasteiger partial charge on any atom is -0.316 e. The molecule has 7 heteroatoms. The number of hydrogen-bond donors (Lipinski definition) is 2. The van der Waals surface area contributed by atoms with Gasteiger partial charge in [-0.2, -0.15) is 4.52 Å². The highest BCUT2D eigenvalue weighted by Gasteiger charge is 2.15. The monoisotopic (exact) mass is 276 g/mol. The molecule has 1 atom stereocenters. The number of fused-ring (bicyclic) bond motifs is 1. The first kappa shape index (κ1) is 13.3. The van der Waals surface area contributed by atoms with Gasteiger partial charge in [-0.25, -0.2) is 9.97 Å². The van der Waals surface area contributed by atoms with Crippen LogP contribution in [0, 0.1) is 5.92 Å². The molecular formula is C13H20N6O. The van der Waals surface area contributed by atoms with Gasteiger partial charge >= 0.3 is 0 Å². The van der Waals surface area contributed by atoms with E-state index in [1.54, 1.807) is 6.07 Å². The van der Waals surface area contributed by atoms with E-state index < -0.39 is 0 Å². The van der Waals surface area contributed by atoms with Crippen LogP contribution in [0.1, 0.15) is 18.5 Å².